The monoisotopic (exact) mass is 329 g/mol. The molecule has 7 nitrogen and oxygen atoms in total. The molecular formula is C15H15N5O2S. The molecule has 8 heteroatoms. The first-order valence-electron chi connectivity index (χ1n) is 6.97. The normalized spacial score (nSPS) is 10.9. The van der Waals surface area contributed by atoms with Crippen LogP contribution in [0.3, 0.4) is 0 Å². The van der Waals surface area contributed by atoms with Gasteiger partial charge in [0.2, 0.25) is 11.7 Å². The zero-order valence-electron chi connectivity index (χ0n) is 12.7. The van der Waals surface area contributed by atoms with Crippen LogP contribution in [0.4, 0.5) is 5.69 Å². The van der Waals surface area contributed by atoms with E-state index in [2.05, 4.69) is 20.5 Å². The topological polar surface area (TPSA) is 92.2 Å². The Morgan fingerprint density at radius 1 is 1.30 bits per heavy atom. The number of fused-ring (bicyclic) bond motifs is 1. The van der Waals surface area contributed by atoms with Crippen molar-refractivity contribution < 1.29 is 4.79 Å². The summed E-state index contributed by atoms with van der Waals surface area (Å²) >= 11 is 1.26. The highest BCUT2D eigenvalue weighted by molar-refractivity contribution is 7.99. The van der Waals surface area contributed by atoms with Crippen molar-refractivity contribution in [1.82, 2.24) is 19.6 Å². The summed E-state index contributed by atoms with van der Waals surface area (Å²) in [7, 11) is 0. The van der Waals surface area contributed by atoms with E-state index in [9.17, 15) is 9.59 Å². The highest BCUT2D eigenvalue weighted by Gasteiger charge is 2.12. The number of nitrogens with zero attached hydrogens (tertiary/aromatic N) is 3. The Bertz CT molecular complexity index is 931. The van der Waals surface area contributed by atoms with E-state index in [0.29, 0.717) is 10.9 Å². The predicted octanol–water partition coefficient (Wildman–Crippen LogP) is 1.77. The van der Waals surface area contributed by atoms with Crippen molar-refractivity contribution in [3.8, 4) is 0 Å². The zero-order chi connectivity index (χ0) is 16.4. The molecule has 0 aliphatic carbocycles. The van der Waals surface area contributed by atoms with E-state index < -0.39 is 0 Å². The number of benzene rings is 1. The maximum Gasteiger partial charge on any atom is 0.252 e. The number of anilines is 1. The van der Waals surface area contributed by atoms with Crippen molar-refractivity contribution in [1.29, 1.82) is 0 Å². The van der Waals surface area contributed by atoms with Gasteiger partial charge in [-0.1, -0.05) is 23.9 Å². The SMILES string of the molecule is Cc1cccc(NC(=O)CSc2nnc3[nH]c(=O)cc(C)n23)c1. The van der Waals surface area contributed by atoms with E-state index >= 15 is 0 Å². The zero-order valence-corrected chi connectivity index (χ0v) is 13.5. The Labute approximate surface area is 136 Å². The van der Waals surface area contributed by atoms with Crippen LogP contribution in [-0.4, -0.2) is 31.2 Å². The summed E-state index contributed by atoms with van der Waals surface area (Å²) in [6, 6.07) is 9.08. The number of carbonyl (C=O) groups is 1. The van der Waals surface area contributed by atoms with Crippen LogP contribution in [-0.2, 0) is 4.79 Å². The molecule has 3 aromatic rings. The number of aromatic nitrogens is 4. The average molecular weight is 329 g/mol. The van der Waals surface area contributed by atoms with Crippen molar-refractivity contribution in [2.75, 3.05) is 11.1 Å². The molecule has 1 aromatic carbocycles. The maximum absolute atomic E-state index is 12.0. The van der Waals surface area contributed by atoms with E-state index in [1.54, 1.807) is 11.3 Å². The lowest BCUT2D eigenvalue weighted by molar-refractivity contribution is -0.113. The van der Waals surface area contributed by atoms with Crippen molar-refractivity contribution >= 4 is 29.1 Å². The van der Waals surface area contributed by atoms with Gasteiger partial charge >= 0.3 is 0 Å². The van der Waals surface area contributed by atoms with Gasteiger partial charge in [-0.25, -0.2) is 0 Å². The van der Waals surface area contributed by atoms with Gasteiger partial charge in [-0.2, -0.15) is 0 Å². The average Bonchev–Trinajstić information content (AvgIpc) is 2.88. The van der Waals surface area contributed by atoms with Gasteiger partial charge in [-0.3, -0.25) is 19.0 Å². The summed E-state index contributed by atoms with van der Waals surface area (Å²) in [5.74, 6) is 0.448. The summed E-state index contributed by atoms with van der Waals surface area (Å²) < 4.78 is 1.71. The first-order valence-corrected chi connectivity index (χ1v) is 7.96. The first-order chi connectivity index (χ1) is 11.0. The maximum atomic E-state index is 12.0. The largest absolute Gasteiger partial charge is 0.325 e. The standard InChI is InChI=1S/C15H15N5O2S/c1-9-4-3-5-11(6-9)16-13(22)8-23-15-19-18-14-17-12(21)7-10(2)20(14)15/h3-7H,8H2,1-2H3,(H,16,22)(H,17,18,21). The summed E-state index contributed by atoms with van der Waals surface area (Å²) in [4.78, 5) is 26.1. The summed E-state index contributed by atoms with van der Waals surface area (Å²) in [6.45, 7) is 3.76. The summed E-state index contributed by atoms with van der Waals surface area (Å²) in [6.07, 6.45) is 0. The van der Waals surface area contributed by atoms with Gasteiger partial charge in [0.1, 0.15) is 0 Å². The molecule has 2 heterocycles. The van der Waals surface area contributed by atoms with Crippen molar-refractivity contribution in [3.05, 3.63) is 51.9 Å². The fraction of sp³-hybridized carbons (Fsp3) is 0.200. The third kappa shape index (κ3) is 3.42. The van der Waals surface area contributed by atoms with Crippen LogP contribution in [0.25, 0.3) is 5.78 Å². The Morgan fingerprint density at radius 3 is 2.91 bits per heavy atom. The number of thioether (sulfide) groups is 1. The molecule has 0 atom stereocenters. The molecule has 0 aliphatic rings. The fourth-order valence-corrected chi connectivity index (χ4v) is 3.00. The lowest BCUT2D eigenvalue weighted by Gasteiger charge is -2.06. The molecule has 0 radical (unpaired) electrons. The van der Waals surface area contributed by atoms with Crippen LogP contribution in [0.5, 0.6) is 0 Å². The molecule has 0 fully saturated rings. The van der Waals surface area contributed by atoms with Crippen LogP contribution in [0.1, 0.15) is 11.3 Å². The second-order valence-electron chi connectivity index (χ2n) is 5.12. The van der Waals surface area contributed by atoms with Gasteiger partial charge in [-0.05, 0) is 31.5 Å². The molecule has 0 saturated carbocycles. The third-order valence-corrected chi connectivity index (χ3v) is 4.12. The molecule has 118 valence electrons. The molecule has 0 saturated heterocycles. The number of nitrogens with one attached hydrogen (secondary N) is 2. The van der Waals surface area contributed by atoms with Crippen LogP contribution in [0, 0.1) is 13.8 Å². The Balaban J connectivity index is 1.71. The number of aromatic amines is 1. The van der Waals surface area contributed by atoms with E-state index in [0.717, 1.165) is 16.9 Å². The second-order valence-corrected chi connectivity index (χ2v) is 6.07. The lowest BCUT2D eigenvalue weighted by Crippen LogP contribution is -2.14. The van der Waals surface area contributed by atoms with Crippen molar-refractivity contribution in [3.63, 3.8) is 0 Å². The minimum absolute atomic E-state index is 0.126. The highest BCUT2D eigenvalue weighted by atomic mass is 32.2. The molecule has 0 bridgehead atoms. The fourth-order valence-electron chi connectivity index (χ4n) is 2.21. The van der Waals surface area contributed by atoms with Gasteiger partial charge in [0.05, 0.1) is 5.75 Å². The van der Waals surface area contributed by atoms with E-state index in [4.69, 9.17) is 0 Å². The van der Waals surface area contributed by atoms with Crippen molar-refractivity contribution in [2.45, 2.75) is 19.0 Å². The number of rotatable bonds is 4. The van der Waals surface area contributed by atoms with Gasteiger partial charge in [0.25, 0.3) is 5.56 Å². The van der Waals surface area contributed by atoms with Crippen LogP contribution >= 0.6 is 11.8 Å². The van der Waals surface area contributed by atoms with Crippen LogP contribution in [0.2, 0.25) is 0 Å². The highest BCUT2D eigenvalue weighted by Crippen LogP contribution is 2.18. The number of hydrogen-bond donors (Lipinski definition) is 2. The lowest BCUT2D eigenvalue weighted by atomic mass is 10.2. The minimum Gasteiger partial charge on any atom is -0.325 e. The van der Waals surface area contributed by atoms with Gasteiger partial charge in [0, 0.05) is 17.4 Å². The molecule has 2 aromatic heterocycles. The quantitative estimate of drug-likeness (QED) is 0.712. The van der Waals surface area contributed by atoms with Gasteiger partial charge in [-0.15, -0.1) is 10.2 Å². The number of carbonyl (C=O) groups excluding carboxylic acids is 1. The van der Waals surface area contributed by atoms with E-state index in [-0.39, 0.29) is 17.2 Å². The predicted molar refractivity (Wildman–Crippen MR) is 88.9 cm³/mol. The van der Waals surface area contributed by atoms with E-state index in [1.165, 1.54) is 17.8 Å². The number of H-pyrrole nitrogens is 1. The molecule has 0 spiro atoms. The van der Waals surface area contributed by atoms with Crippen LogP contribution in [0.15, 0.2) is 40.3 Å². The Morgan fingerprint density at radius 2 is 2.13 bits per heavy atom. The molecule has 1 amide bonds. The minimum atomic E-state index is -0.226. The second kappa shape index (κ2) is 6.25. The van der Waals surface area contributed by atoms with Gasteiger partial charge < -0.3 is 5.32 Å². The molecular weight excluding hydrogens is 314 g/mol. The molecule has 23 heavy (non-hydrogen) atoms. The molecule has 0 unspecified atom stereocenters. The van der Waals surface area contributed by atoms with Crippen molar-refractivity contribution in [2.24, 2.45) is 0 Å². The molecule has 0 aliphatic heterocycles. The summed E-state index contributed by atoms with van der Waals surface area (Å²) in [5.41, 5.74) is 2.34. The van der Waals surface area contributed by atoms with E-state index in [1.807, 2.05) is 31.2 Å². The van der Waals surface area contributed by atoms with Gasteiger partial charge in [0.15, 0.2) is 5.16 Å². The number of hydrogen-bond acceptors (Lipinski definition) is 5. The smallest absolute Gasteiger partial charge is 0.252 e. The first kappa shape index (κ1) is 15.3. The number of aryl methyl sites for hydroxylation is 2. The third-order valence-electron chi connectivity index (χ3n) is 3.20. The molecule has 2 N–H and O–H groups in total. The number of amides is 1. The van der Waals surface area contributed by atoms with Crippen LogP contribution < -0.4 is 10.9 Å². The molecule has 3 rings (SSSR count). The Hall–Kier alpha value is -2.61. The summed E-state index contributed by atoms with van der Waals surface area (Å²) in [5, 5.41) is 11.3. The Kier molecular flexibility index (Phi) is 4.16.